The lowest BCUT2D eigenvalue weighted by Crippen LogP contribution is -2.50. The molecule has 1 aliphatic rings. The van der Waals surface area contributed by atoms with Gasteiger partial charge in [-0.05, 0) is 68.1 Å². The number of aromatic nitrogens is 4. The van der Waals surface area contributed by atoms with Crippen LogP contribution in [0.15, 0.2) is 41.1 Å². The quantitative estimate of drug-likeness (QED) is 0.348. The maximum Gasteiger partial charge on any atom is 0.275 e. The first-order chi connectivity index (χ1) is 18.3. The molecular formula is C27H31FN6O3S. The number of nitrogens with zero attached hydrogens (tertiary/aromatic N) is 5. The van der Waals surface area contributed by atoms with Gasteiger partial charge in [-0.3, -0.25) is 4.79 Å². The van der Waals surface area contributed by atoms with Gasteiger partial charge in [-0.2, -0.15) is 0 Å². The zero-order chi connectivity index (χ0) is 26.9. The number of carbonyl (C=O) groups excluding carboxylic acids is 1. The van der Waals surface area contributed by atoms with Crippen LogP contribution >= 0.6 is 11.3 Å². The second-order valence-electron chi connectivity index (χ2n) is 10.2. The molecule has 38 heavy (non-hydrogen) atoms. The van der Waals surface area contributed by atoms with E-state index in [2.05, 4.69) is 39.5 Å². The van der Waals surface area contributed by atoms with Gasteiger partial charge in [0, 0.05) is 35.9 Å². The lowest BCUT2D eigenvalue weighted by atomic mass is 9.63. The van der Waals surface area contributed by atoms with E-state index in [0.29, 0.717) is 45.2 Å². The standard InChI is InChI=1S/C27H31FN6O3S/c1-16(2)19-14-29-11-9-27(19,23-15-30-33-37-23)10-12-36-26-32-22-8-7-21(31-24(22)38-26)18-6-5-17(13-20(18)28)25(35)34(3)4/h5-8,13,15-16,19,29H,9-12,14H2,1-4H3. The fourth-order valence-corrected chi connectivity index (χ4v) is 6.21. The summed E-state index contributed by atoms with van der Waals surface area (Å²) in [7, 11) is 3.26. The summed E-state index contributed by atoms with van der Waals surface area (Å²) in [6, 6.07) is 7.98. The van der Waals surface area contributed by atoms with E-state index in [1.807, 2.05) is 6.07 Å². The van der Waals surface area contributed by atoms with E-state index in [1.165, 1.54) is 22.3 Å². The van der Waals surface area contributed by atoms with Crippen molar-refractivity contribution in [3.63, 3.8) is 0 Å². The molecule has 9 nitrogen and oxygen atoms in total. The van der Waals surface area contributed by atoms with Gasteiger partial charge in [0.1, 0.15) is 16.2 Å². The van der Waals surface area contributed by atoms with Crippen molar-refractivity contribution in [3.8, 4) is 16.5 Å². The van der Waals surface area contributed by atoms with Gasteiger partial charge in [-0.1, -0.05) is 25.2 Å². The van der Waals surface area contributed by atoms with Crippen molar-refractivity contribution in [2.24, 2.45) is 11.8 Å². The zero-order valence-corrected chi connectivity index (χ0v) is 22.7. The Hall–Kier alpha value is -3.44. The molecule has 1 aliphatic heterocycles. The number of carbonyl (C=O) groups is 1. The Kier molecular flexibility index (Phi) is 7.40. The van der Waals surface area contributed by atoms with Crippen LogP contribution in [-0.2, 0) is 5.41 Å². The molecule has 0 spiro atoms. The molecule has 4 heterocycles. The largest absolute Gasteiger partial charge is 0.470 e. The minimum absolute atomic E-state index is 0.220. The van der Waals surface area contributed by atoms with Crippen molar-refractivity contribution in [2.45, 2.75) is 32.1 Å². The lowest BCUT2D eigenvalue weighted by molar-refractivity contribution is 0.0827. The van der Waals surface area contributed by atoms with Crippen molar-refractivity contribution in [1.29, 1.82) is 0 Å². The molecule has 1 fully saturated rings. The van der Waals surface area contributed by atoms with Crippen molar-refractivity contribution >= 4 is 27.6 Å². The van der Waals surface area contributed by atoms with E-state index in [0.717, 1.165) is 31.7 Å². The van der Waals surface area contributed by atoms with Crippen LogP contribution in [0.25, 0.3) is 21.6 Å². The van der Waals surface area contributed by atoms with E-state index in [9.17, 15) is 9.18 Å². The molecule has 200 valence electrons. The van der Waals surface area contributed by atoms with E-state index < -0.39 is 5.82 Å². The summed E-state index contributed by atoms with van der Waals surface area (Å²) in [5.74, 6) is 0.835. The van der Waals surface area contributed by atoms with Gasteiger partial charge in [0.25, 0.3) is 11.1 Å². The van der Waals surface area contributed by atoms with Crippen LogP contribution in [0.3, 0.4) is 0 Å². The predicted molar refractivity (Wildman–Crippen MR) is 143 cm³/mol. The number of nitrogens with one attached hydrogen (secondary N) is 1. The number of piperidine rings is 1. The first kappa shape index (κ1) is 26.2. The Morgan fingerprint density at radius 3 is 2.84 bits per heavy atom. The molecule has 2 atom stereocenters. The van der Waals surface area contributed by atoms with Gasteiger partial charge in [-0.25, -0.2) is 14.4 Å². The van der Waals surface area contributed by atoms with E-state index in [4.69, 9.17) is 9.26 Å². The Morgan fingerprint density at radius 1 is 1.29 bits per heavy atom. The average molecular weight is 539 g/mol. The van der Waals surface area contributed by atoms with E-state index in [1.54, 1.807) is 38.5 Å². The normalized spacial score (nSPS) is 19.7. The Morgan fingerprint density at radius 2 is 2.13 bits per heavy atom. The maximum atomic E-state index is 14.9. The monoisotopic (exact) mass is 538 g/mol. The molecule has 11 heteroatoms. The molecular weight excluding hydrogens is 507 g/mol. The van der Waals surface area contributed by atoms with Crippen LogP contribution in [-0.4, -0.2) is 64.9 Å². The summed E-state index contributed by atoms with van der Waals surface area (Å²) in [4.78, 5) is 23.4. The fourth-order valence-electron chi connectivity index (χ4n) is 5.39. The number of amides is 1. The molecule has 0 aliphatic carbocycles. The molecule has 2 unspecified atom stereocenters. The summed E-state index contributed by atoms with van der Waals surface area (Å²) in [6.45, 7) is 6.69. The van der Waals surface area contributed by atoms with Crippen molar-refractivity contribution in [1.82, 2.24) is 30.6 Å². The number of benzene rings is 1. The van der Waals surface area contributed by atoms with Gasteiger partial charge >= 0.3 is 0 Å². The van der Waals surface area contributed by atoms with Gasteiger partial charge in [0.15, 0.2) is 5.76 Å². The average Bonchev–Trinajstić information content (AvgIpc) is 3.58. The minimum Gasteiger partial charge on any atom is -0.470 e. The summed E-state index contributed by atoms with van der Waals surface area (Å²) in [6.07, 6.45) is 3.38. The third kappa shape index (κ3) is 5.00. The highest BCUT2D eigenvalue weighted by Crippen LogP contribution is 2.44. The Bertz CT molecular complexity index is 1420. The molecule has 1 saturated heterocycles. The smallest absolute Gasteiger partial charge is 0.275 e. The molecule has 5 rings (SSSR count). The third-order valence-electron chi connectivity index (χ3n) is 7.39. The number of ether oxygens (including phenoxy) is 1. The van der Waals surface area contributed by atoms with Crippen molar-refractivity contribution in [2.75, 3.05) is 33.8 Å². The summed E-state index contributed by atoms with van der Waals surface area (Å²) in [5, 5.41) is 11.7. The van der Waals surface area contributed by atoms with Crippen LogP contribution in [0.4, 0.5) is 4.39 Å². The molecule has 0 radical (unpaired) electrons. The van der Waals surface area contributed by atoms with E-state index >= 15 is 0 Å². The molecule has 0 bridgehead atoms. The van der Waals surface area contributed by atoms with Gasteiger partial charge in [0.05, 0.1) is 18.5 Å². The highest BCUT2D eigenvalue weighted by Gasteiger charge is 2.46. The second-order valence-corrected chi connectivity index (χ2v) is 11.2. The summed E-state index contributed by atoms with van der Waals surface area (Å²) < 4.78 is 26.6. The van der Waals surface area contributed by atoms with Gasteiger partial charge < -0.3 is 19.5 Å². The highest BCUT2D eigenvalue weighted by molar-refractivity contribution is 7.19. The highest BCUT2D eigenvalue weighted by atomic mass is 32.1. The minimum atomic E-state index is -0.501. The van der Waals surface area contributed by atoms with Crippen molar-refractivity contribution < 1.29 is 18.4 Å². The SMILES string of the molecule is CC(C)C1CNCCC1(CCOc1nc2ccc(-c3ccc(C(=O)N(C)C)cc3F)nc2s1)c1cnno1. The molecule has 3 aromatic heterocycles. The molecule has 1 N–H and O–H groups in total. The number of hydrogen-bond donors (Lipinski definition) is 1. The Labute approximate surface area is 224 Å². The predicted octanol–water partition coefficient (Wildman–Crippen LogP) is 4.55. The van der Waals surface area contributed by atoms with Crippen molar-refractivity contribution in [3.05, 3.63) is 53.7 Å². The van der Waals surface area contributed by atoms with Gasteiger partial charge in [0.2, 0.25) is 0 Å². The molecule has 1 aromatic carbocycles. The van der Waals surface area contributed by atoms with Crippen LogP contribution < -0.4 is 10.1 Å². The molecule has 0 saturated carbocycles. The zero-order valence-electron chi connectivity index (χ0n) is 21.9. The molecule has 1 amide bonds. The third-order valence-corrected chi connectivity index (χ3v) is 8.26. The van der Waals surface area contributed by atoms with Gasteiger partial charge in [-0.15, -0.1) is 5.10 Å². The van der Waals surface area contributed by atoms with Crippen LogP contribution in [0, 0.1) is 17.7 Å². The first-order valence-corrected chi connectivity index (χ1v) is 13.5. The number of hydrogen-bond acceptors (Lipinski definition) is 9. The molecule has 4 aromatic rings. The number of pyridine rings is 1. The second kappa shape index (κ2) is 10.7. The number of halogens is 1. The Balaban J connectivity index is 1.33. The summed E-state index contributed by atoms with van der Waals surface area (Å²) >= 11 is 1.33. The lowest BCUT2D eigenvalue weighted by Gasteiger charge is -2.44. The fraction of sp³-hybridized carbons (Fsp3) is 0.444. The topological polar surface area (TPSA) is 106 Å². The number of fused-ring (bicyclic) bond motifs is 1. The number of rotatable bonds is 8. The van der Waals surface area contributed by atoms with Crippen LogP contribution in [0.5, 0.6) is 5.19 Å². The van der Waals surface area contributed by atoms with E-state index in [-0.39, 0.29) is 16.9 Å². The maximum absolute atomic E-state index is 14.9. The summed E-state index contributed by atoms with van der Waals surface area (Å²) in [5.41, 5.74) is 1.55. The van der Waals surface area contributed by atoms with Crippen LogP contribution in [0.2, 0.25) is 0 Å². The number of thiazole rings is 1. The van der Waals surface area contributed by atoms with Crippen LogP contribution in [0.1, 0.15) is 42.8 Å². The first-order valence-electron chi connectivity index (χ1n) is 12.7.